The van der Waals surface area contributed by atoms with Gasteiger partial charge in [-0.1, -0.05) is 27.2 Å². The summed E-state index contributed by atoms with van der Waals surface area (Å²) in [5.74, 6) is -0.843. The van der Waals surface area contributed by atoms with Crippen molar-refractivity contribution in [2.45, 2.75) is 64.0 Å². The Kier molecular flexibility index (Phi) is 6.64. The van der Waals surface area contributed by atoms with Gasteiger partial charge < -0.3 is 4.57 Å². The number of aromatic nitrogens is 2. The molecule has 0 radical (unpaired) electrons. The number of pyridine rings is 1. The molecule has 192 valence electrons. The highest BCUT2D eigenvalue weighted by Gasteiger charge is 2.46. The number of nitriles is 1. The summed E-state index contributed by atoms with van der Waals surface area (Å²) in [7, 11) is -4.24. The molecule has 3 aromatic rings. The van der Waals surface area contributed by atoms with Crippen LogP contribution < -0.4 is 4.72 Å². The van der Waals surface area contributed by atoms with Gasteiger partial charge >= 0.3 is 6.18 Å². The van der Waals surface area contributed by atoms with E-state index in [1.165, 1.54) is 30.7 Å². The molecule has 11 heteroatoms. The summed E-state index contributed by atoms with van der Waals surface area (Å²) < 4.78 is 86.9. The minimum atomic E-state index is -4.95. The fourth-order valence-electron chi connectivity index (χ4n) is 4.37. The summed E-state index contributed by atoms with van der Waals surface area (Å²) in [6, 6.07) is 3.23. The van der Waals surface area contributed by atoms with E-state index in [0.717, 1.165) is 6.07 Å². The number of rotatable bonds is 6. The number of halogens is 4. The summed E-state index contributed by atoms with van der Waals surface area (Å²) >= 11 is 0. The van der Waals surface area contributed by atoms with Gasteiger partial charge in [0.25, 0.3) is 0 Å². The lowest BCUT2D eigenvalue weighted by atomic mass is 9.96. The number of benzene rings is 1. The van der Waals surface area contributed by atoms with Crippen LogP contribution in [0.1, 0.15) is 57.2 Å². The van der Waals surface area contributed by atoms with Crippen LogP contribution in [-0.4, -0.2) is 29.4 Å². The monoisotopic (exact) mass is 522 g/mol. The van der Waals surface area contributed by atoms with Crippen molar-refractivity contribution in [1.29, 1.82) is 5.26 Å². The molecule has 2 heterocycles. The lowest BCUT2D eigenvalue weighted by Gasteiger charge is -2.29. The van der Waals surface area contributed by atoms with E-state index in [-0.39, 0.29) is 39.6 Å². The number of sulfonamides is 1. The van der Waals surface area contributed by atoms with Crippen LogP contribution >= 0.6 is 0 Å². The van der Waals surface area contributed by atoms with E-state index in [1.54, 1.807) is 4.57 Å². The maximum absolute atomic E-state index is 15.4. The Morgan fingerprint density at radius 2 is 1.92 bits per heavy atom. The van der Waals surface area contributed by atoms with Crippen LogP contribution in [0, 0.1) is 22.6 Å². The molecule has 1 atom stereocenters. The average Bonchev–Trinajstić information content (AvgIpc) is 3.04. The van der Waals surface area contributed by atoms with E-state index in [2.05, 4.69) is 4.98 Å². The van der Waals surface area contributed by atoms with Gasteiger partial charge in [0.1, 0.15) is 11.9 Å². The molecule has 36 heavy (non-hydrogen) atoms. The van der Waals surface area contributed by atoms with Crippen LogP contribution in [0.4, 0.5) is 17.6 Å². The zero-order chi connectivity index (χ0) is 26.5. The standard InChI is InChI=1S/C25H26F4N4O2S/c1-24(2,3)14-33-13-20(23(25(27,28)29)32-36(34,35)16-5-4-6-16)18-9-21(26)17(10-22(18)33)19-12-31-8-7-15(19)11-30/h7-10,12-13,16,23,32H,4-6,14H2,1-3H3/t23-/m0/s1. The van der Waals surface area contributed by atoms with E-state index in [1.807, 2.05) is 31.6 Å². The first-order valence-electron chi connectivity index (χ1n) is 11.5. The smallest absolute Gasteiger partial charge is 0.347 e. The highest BCUT2D eigenvalue weighted by atomic mass is 32.2. The SMILES string of the molecule is CC(C)(C)Cn1cc([C@H](NS(=O)(=O)C2CCC2)C(F)(F)F)c2cc(F)c(-c3cnccc3C#N)cc21. The van der Waals surface area contributed by atoms with Crippen LogP contribution in [0.5, 0.6) is 0 Å². The molecule has 0 saturated heterocycles. The topological polar surface area (TPSA) is 87.8 Å². The maximum Gasteiger partial charge on any atom is 0.408 e. The Morgan fingerprint density at radius 3 is 2.47 bits per heavy atom. The fraction of sp³-hybridized carbons (Fsp3) is 0.440. The second kappa shape index (κ2) is 9.16. The molecule has 4 rings (SSSR count). The molecule has 1 saturated carbocycles. The zero-order valence-electron chi connectivity index (χ0n) is 20.0. The molecule has 0 amide bonds. The van der Waals surface area contributed by atoms with Crippen molar-refractivity contribution in [2.24, 2.45) is 5.41 Å². The Morgan fingerprint density at radius 1 is 1.22 bits per heavy atom. The third-order valence-electron chi connectivity index (χ3n) is 6.29. The van der Waals surface area contributed by atoms with Crippen molar-refractivity contribution in [3.8, 4) is 17.2 Å². The zero-order valence-corrected chi connectivity index (χ0v) is 20.8. The second-order valence-corrected chi connectivity index (χ2v) is 12.3. The quantitative estimate of drug-likeness (QED) is 0.412. The van der Waals surface area contributed by atoms with Crippen molar-refractivity contribution in [3.05, 3.63) is 53.7 Å². The molecular weight excluding hydrogens is 496 g/mol. The summed E-state index contributed by atoms with van der Waals surface area (Å²) in [6.07, 6.45) is 0.248. The van der Waals surface area contributed by atoms with E-state index in [9.17, 15) is 26.9 Å². The van der Waals surface area contributed by atoms with Crippen molar-refractivity contribution >= 4 is 20.9 Å². The molecule has 1 N–H and O–H groups in total. The minimum Gasteiger partial charge on any atom is -0.347 e. The number of nitrogens with one attached hydrogen (secondary N) is 1. The molecule has 6 nitrogen and oxygen atoms in total. The number of fused-ring (bicyclic) bond motifs is 1. The van der Waals surface area contributed by atoms with Crippen LogP contribution in [0.25, 0.3) is 22.0 Å². The van der Waals surface area contributed by atoms with Gasteiger partial charge in [-0.15, -0.1) is 0 Å². The highest BCUT2D eigenvalue weighted by molar-refractivity contribution is 7.90. The molecule has 0 unspecified atom stereocenters. The average molecular weight is 523 g/mol. The minimum absolute atomic E-state index is 0.0190. The molecule has 1 fully saturated rings. The van der Waals surface area contributed by atoms with Crippen molar-refractivity contribution in [1.82, 2.24) is 14.3 Å². The Hall–Kier alpha value is -2.97. The first-order chi connectivity index (χ1) is 16.7. The van der Waals surface area contributed by atoms with Gasteiger partial charge in [0.05, 0.1) is 16.9 Å². The van der Waals surface area contributed by atoms with Crippen molar-refractivity contribution < 1.29 is 26.0 Å². The number of hydrogen-bond acceptors (Lipinski definition) is 4. The molecule has 2 aromatic heterocycles. The molecule has 0 spiro atoms. The van der Waals surface area contributed by atoms with Crippen molar-refractivity contribution in [3.63, 3.8) is 0 Å². The summed E-state index contributed by atoms with van der Waals surface area (Å²) in [5, 5.41) is 8.51. The Balaban J connectivity index is 1.94. The summed E-state index contributed by atoms with van der Waals surface area (Å²) in [6.45, 7) is 5.99. The van der Waals surface area contributed by atoms with E-state index in [4.69, 9.17) is 0 Å². The van der Waals surface area contributed by atoms with E-state index < -0.39 is 33.3 Å². The Labute approximate surface area is 207 Å². The summed E-state index contributed by atoms with van der Waals surface area (Å²) in [4.78, 5) is 3.96. The van der Waals surface area contributed by atoms with Crippen LogP contribution in [0.3, 0.4) is 0 Å². The van der Waals surface area contributed by atoms with Crippen LogP contribution in [-0.2, 0) is 16.6 Å². The number of nitrogens with zero attached hydrogens (tertiary/aromatic N) is 3. The molecule has 0 aliphatic heterocycles. The van der Waals surface area contributed by atoms with Crippen LogP contribution in [0.15, 0.2) is 36.8 Å². The molecule has 1 aliphatic rings. The first-order valence-corrected chi connectivity index (χ1v) is 13.0. The lowest BCUT2D eigenvalue weighted by molar-refractivity contribution is -0.152. The van der Waals surface area contributed by atoms with Gasteiger partial charge in [-0.2, -0.15) is 23.2 Å². The van der Waals surface area contributed by atoms with Gasteiger partial charge in [-0.05, 0) is 36.5 Å². The van der Waals surface area contributed by atoms with Gasteiger partial charge in [0.2, 0.25) is 10.0 Å². The summed E-state index contributed by atoms with van der Waals surface area (Å²) in [5.41, 5.74) is -0.0434. The third kappa shape index (κ3) is 5.11. The second-order valence-electron chi connectivity index (χ2n) is 10.3. The van der Waals surface area contributed by atoms with Gasteiger partial charge in [-0.3, -0.25) is 4.98 Å². The largest absolute Gasteiger partial charge is 0.408 e. The predicted octanol–water partition coefficient (Wildman–Crippen LogP) is 5.84. The molecule has 1 aromatic carbocycles. The normalized spacial score (nSPS) is 16.1. The van der Waals surface area contributed by atoms with Gasteiger partial charge in [-0.25, -0.2) is 12.8 Å². The van der Waals surface area contributed by atoms with E-state index >= 15 is 4.39 Å². The first kappa shape index (κ1) is 26.1. The number of hydrogen-bond donors (Lipinski definition) is 1. The van der Waals surface area contributed by atoms with E-state index in [0.29, 0.717) is 24.8 Å². The van der Waals surface area contributed by atoms with Gasteiger partial charge in [0.15, 0.2) is 0 Å². The molecular formula is C25H26F4N4O2S. The third-order valence-corrected chi connectivity index (χ3v) is 8.20. The maximum atomic E-state index is 15.4. The number of alkyl halides is 3. The lowest BCUT2D eigenvalue weighted by Crippen LogP contribution is -2.44. The van der Waals surface area contributed by atoms with Crippen molar-refractivity contribution in [2.75, 3.05) is 0 Å². The predicted molar refractivity (Wildman–Crippen MR) is 128 cm³/mol. The fourth-order valence-corrected chi connectivity index (χ4v) is 6.11. The molecule has 0 bridgehead atoms. The Bertz CT molecular complexity index is 1450. The molecule has 1 aliphatic carbocycles. The van der Waals surface area contributed by atoms with Crippen LogP contribution in [0.2, 0.25) is 0 Å². The highest BCUT2D eigenvalue weighted by Crippen LogP contribution is 2.41. The van der Waals surface area contributed by atoms with Gasteiger partial charge in [0, 0.05) is 52.7 Å².